The van der Waals surface area contributed by atoms with Gasteiger partial charge in [-0.1, -0.05) is 43.9 Å². The summed E-state index contributed by atoms with van der Waals surface area (Å²) in [6.07, 6.45) is 10.6. The zero-order valence-corrected chi connectivity index (χ0v) is 36.9. The third-order valence-electron chi connectivity index (χ3n) is 14.9. The number of ether oxygens (including phenoxy) is 3. The number of alkyl carbamates (subject to hydrolysis) is 1. The van der Waals surface area contributed by atoms with E-state index < -0.39 is 68.2 Å². The molecule has 9 rings (SSSR count). The fourth-order valence-electron chi connectivity index (χ4n) is 10.4. The van der Waals surface area contributed by atoms with Gasteiger partial charge in [0.1, 0.15) is 35.6 Å². The van der Waals surface area contributed by atoms with Crippen molar-refractivity contribution in [3.8, 4) is 11.6 Å². The number of carbonyl (C=O) groups excluding carboxylic acids is 4. The van der Waals surface area contributed by atoms with E-state index >= 15 is 0 Å². The van der Waals surface area contributed by atoms with Crippen LogP contribution in [-0.4, -0.2) is 115 Å². The van der Waals surface area contributed by atoms with E-state index in [0.717, 1.165) is 94.0 Å². The monoisotopic (exact) mass is 874 g/mol. The molecule has 1 aromatic heterocycles. The van der Waals surface area contributed by atoms with Crippen LogP contribution in [-0.2, 0) is 35.6 Å². The molecule has 0 spiro atoms. The second-order valence-electron chi connectivity index (χ2n) is 19.5. The lowest BCUT2D eigenvalue weighted by Gasteiger charge is -2.32. The van der Waals surface area contributed by atoms with Crippen molar-refractivity contribution < 1.29 is 41.8 Å². The van der Waals surface area contributed by atoms with Gasteiger partial charge in [-0.25, -0.2) is 18.2 Å². The topological polar surface area (TPSA) is 186 Å². The number of aromatic nitrogens is 1. The Morgan fingerprint density at radius 1 is 1.02 bits per heavy atom. The summed E-state index contributed by atoms with van der Waals surface area (Å²) in [5.74, 6) is -0.733. The number of amides is 4. The van der Waals surface area contributed by atoms with E-state index in [1.807, 2.05) is 24.3 Å². The highest BCUT2D eigenvalue weighted by molar-refractivity contribution is 7.91. The van der Waals surface area contributed by atoms with Gasteiger partial charge < -0.3 is 34.6 Å². The molecule has 4 heterocycles. The predicted molar refractivity (Wildman–Crippen MR) is 231 cm³/mol. The van der Waals surface area contributed by atoms with E-state index in [-0.39, 0.29) is 37.3 Å². The fourth-order valence-corrected chi connectivity index (χ4v) is 11.7. The molecule has 4 saturated carbocycles. The van der Waals surface area contributed by atoms with Crippen LogP contribution in [0.5, 0.6) is 11.6 Å². The Hall–Kier alpha value is -4.44. The van der Waals surface area contributed by atoms with Gasteiger partial charge in [0, 0.05) is 30.2 Å². The molecule has 2 saturated heterocycles. The average molecular weight is 875 g/mol. The van der Waals surface area contributed by atoms with Crippen LogP contribution in [0.25, 0.3) is 10.9 Å². The van der Waals surface area contributed by atoms with Gasteiger partial charge in [0.05, 0.1) is 29.0 Å². The smallest absolute Gasteiger partial charge is 0.408 e. The van der Waals surface area contributed by atoms with Gasteiger partial charge in [0.25, 0.3) is 5.91 Å². The van der Waals surface area contributed by atoms with Crippen LogP contribution in [0.3, 0.4) is 0 Å². The second-order valence-corrected chi connectivity index (χ2v) is 21.7. The molecule has 7 aliphatic rings. The lowest BCUT2D eigenvalue weighted by molar-refractivity contribution is -0.142. The number of nitrogens with zero attached hydrogens (tertiary/aromatic N) is 3. The molecule has 3 aliphatic heterocycles. The van der Waals surface area contributed by atoms with Crippen molar-refractivity contribution in [1.82, 2.24) is 30.1 Å². The molecule has 1 aromatic carbocycles. The van der Waals surface area contributed by atoms with Gasteiger partial charge in [-0.3, -0.25) is 19.1 Å². The van der Waals surface area contributed by atoms with Crippen molar-refractivity contribution in [2.45, 2.75) is 138 Å². The summed E-state index contributed by atoms with van der Waals surface area (Å²) in [6, 6.07) is 5.82. The van der Waals surface area contributed by atoms with Crippen LogP contribution in [0.15, 0.2) is 36.9 Å². The van der Waals surface area contributed by atoms with E-state index in [1.165, 1.54) is 4.90 Å². The van der Waals surface area contributed by atoms with Gasteiger partial charge in [-0.2, -0.15) is 0 Å². The largest absolute Gasteiger partial charge is 0.492 e. The van der Waals surface area contributed by atoms with Crippen molar-refractivity contribution in [3.05, 3.63) is 42.5 Å². The van der Waals surface area contributed by atoms with E-state index in [9.17, 15) is 27.6 Å². The molecule has 4 amide bonds. The third kappa shape index (κ3) is 8.61. The molecule has 336 valence electrons. The Labute approximate surface area is 364 Å². The van der Waals surface area contributed by atoms with Crippen molar-refractivity contribution in [2.24, 2.45) is 23.7 Å². The Kier molecular flexibility index (Phi) is 11.7. The van der Waals surface area contributed by atoms with Crippen molar-refractivity contribution in [3.63, 3.8) is 0 Å². The summed E-state index contributed by atoms with van der Waals surface area (Å²) >= 11 is 0. The number of para-hydroxylation sites is 1. The maximum atomic E-state index is 15.0. The Bertz CT molecular complexity index is 2210. The second kappa shape index (κ2) is 16.9. The number of benzene rings is 1. The highest BCUT2D eigenvalue weighted by Crippen LogP contribution is 2.48. The Morgan fingerprint density at radius 2 is 1.77 bits per heavy atom. The van der Waals surface area contributed by atoms with E-state index in [1.54, 1.807) is 13.0 Å². The molecule has 15 nitrogen and oxygen atoms in total. The maximum Gasteiger partial charge on any atom is 0.408 e. The van der Waals surface area contributed by atoms with Crippen LogP contribution in [0, 0.1) is 23.7 Å². The van der Waals surface area contributed by atoms with Gasteiger partial charge in [0.15, 0.2) is 0 Å². The average Bonchev–Trinajstić information content (AvgIpc) is 4.15. The van der Waals surface area contributed by atoms with Crippen molar-refractivity contribution >= 4 is 44.7 Å². The molecule has 62 heavy (non-hydrogen) atoms. The predicted octanol–water partition coefficient (Wildman–Crippen LogP) is 4.76. The van der Waals surface area contributed by atoms with E-state index in [4.69, 9.17) is 19.2 Å². The summed E-state index contributed by atoms with van der Waals surface area (Å²) in [6.45, 7) is 7.99. The Balaban J connectivity index is 1.05. The molecule has 0 radical (unpaired) electrons. The van der Waals surface area contributed by atoms with Crippen LogP contribution in [0.4, 0.5) is 4.79 Å². The van der Waals surface area contributed by atoms with E-state index in [0.29, 0.717) is 43.2 Å². The number of rotatable bonds is 10. The minimum absolute atomic E-state index is 0.0108. The molecule has 1 unspecified atom stereocenters. The number of fused-ring (bicyclic) bond motifs is 5. The number of hydrogen-bond acceptors (Lipinski definition) is 11. The minimum Gasteiger partial charge on any atom is -0.492 e. The SMILES string of the molecule is C=C[C@H]1C[C@]1(NC(=O)[C@@H]1C[C@@H]2CN1C(=O)[C@H](C1CCCC1)NC(=O)O[C@@H]1C[C@H]1CCCCCc1c(nc3ccccc3c1OCC1CCN(C)C1)O2)C(=O)NS(=O)(=O)C1(C)CC1. The molecule has 8 atom stereocenters. The molecule has 3 N–H and O–H groups in total. The first-order valence-electron chi connectivity index (χ1n) is 23.0. The standard InChI is InChI=1S/C46H62N6O9S/c1-4-31-24-46(31,43(55)50-62(57,58)45(2)19-20-45)49-40(53)36-23-32-26-52(36)42(54)38(29-12-8-9-13-29)48-44(56)61-37-22-30(37)14-6-5-7-16-34-39(59-27-28-18-21-51(3)25-28)33-15-10-11-17-35(33)47-41(34)60-32/h4,10-11,15,17,28-32,36-38H,1,5-9,12-14,16,18-27H2,2-3H3,(H,48,56)(H,49,53)(H,50,55)/t28?,30-,31+,32-,36+,37-,38+,46-/m1/s1. The third-order valence-corrected chi connectivity index (χ3v) is 17.1. The zero-order valence-electron chi connectivity index (χ0n) is 36.1. The number of carbonyl (C=O) groups is 4. The van der Waals surface area contributed by atoms with Gasteiger partial charge in [0.2, 0.25) is 27.7 Å². The molecule has 2 aromatic rings. The first-order chi connectivity index (χ1) is 29.8. The van der Waals surface area contributed by atoms with Crippen LogP contribution < -0.4 is 24.8 Å². The van der Waals surface area contributed by atoms with Crippen LogP contribution >= 0.6 is 0 Å². The fraction of sp³-hybridized carbons (Fsp3) is 0.674. The molecular formula is C46H62N6O9S. The van der Waals surface area contributed by atoms with E-state index in [2.05, 4.69) is 33.9 Å². The minimum atomic E-state index is -4.00. The molecule has 2 bridgehead atoms. The summed E-state index contributed by atoms with van der Waals surface area (Å²) in [5, 5.41) is 6.74. The summed E-state index contributed by atoms with van der Waals surface area (Å²) in [7, 11) is -1.88. The van der Waals surface area contributed by atoms with Gasteiger partial charge in [-0.15, -0.1) is 6.58 Å². The van der Waals surface area contributed by atoms with Gasteiger partial charge in [-0.05, 0) is 109 Å². The van der Waals surface area contributed by atoms with Crippen LogP contribution in [0.2, 0.25) is 0 Å². The number of pyridine rings is 1. The molecular weight excluding hydrogens is 813 g/mol. The summed E-state index contributed by atoms with van der Waals surface area (Å²) in [5.41, 5.74) is 0.0138. The highest BCUT2D eigenvalue weighted by Gasteiger charge is 2.63. The number of nitrogens with one attached hydrogen (secondary N) is 3. The summed E-state index contributed by atoms with van der Waals surface area (Å²) in [4.78, 5) is 65.9. The normalized spacial score (nSPS) is 32.5. The molecule has 4 aliphatic carbocycles. The Morgan fingerprint density at radius 3 is 2.50 bits per heavy atom. The van der Waals surface area contributed by atoms with Gasteiger partial charge >= 0.3 is 6.09 Å². The first-order valence-corrected chi connectivity index (χ1v) is 24.4. The van der Waals surface area contributed by atoms with Crippen molar-refractivity contribution in [1.29, 1.82) is 0 Å². The summed E-state index contributed by atoms with van der Waals surface area (Å²) < 4.78 is 47.2. The number of likely N-dealkylation sites (tertiary alicyclic amines) is 1. The quantitative estimate of drug-likeness (QED) is 0.280. The number of sulfonamides is 1. The number of hydrogen-bond donors (Lipinski definition) is 3. The van der Waals surface area contributed by atoms with Crippen LogP contribution in [0.1, 0.15) is 102 Å². The maximum absolute atomic E-state index is 15.0. The highest BCUT2D eigenvalue weighted by atomic mass is 32.2. The first kappa shape index (κ1) is 42.8. The zero-order chi connectivity index (χ0) is 43.4. The molecule has 6 fully saturated rings. The lowest BCUT2D eigenvalue weighted by atomic mass is 9.96. The lowest BCUT2D eigenvalue weighted by Crippen LogP contribution is -2.59. The molecule has 16 heteroatoms. The van der Waals surface area contributed by atoms with Crippen molar-refractivity contribution in [2.75, 3.05) is 33.3 Å².